The van der Waals surface area contributed by atoms with Crippen LogP contribution in [0.2, 0.25) is 5.02 Å². The molecule has 1 N–H and O–H groups in total. The van der Waals surface area contributed by atoms with Crippen LogP contribution in [0, 0.1) is 0 Å². The number of rotatable bonds is 8. The van der Waals surface area contributed by atoms with Crippen molar-refractivity contribution in [1.82, 2.24) is 10.2 Å². The summed E-state index contributed by atoms with van der Waals surface area (Å²) in [5.41, 5.74) is 1.13. The summed E-state index contributed by atoms with van der Waals surface area (Å²) in [6.45, 7) is 5.76. The molecule has 0 radical (unpaired) electrons. The lowest BCUT2D eigenvalue weighted by Crippen LogP contribution is -2.32. The standard InChI is InChI=1S/C14H22BrClN2O/c1-11(13-5-4-12(15)10-14(13)16)17-6-7-18(2)8-9-19-3/h4-5,10-11,17H,6-9H2,1-3H3. The summed E-state index contributed by atoms with van der Waals surface area (Å²) in [6, 6.07) is 6.25. The molecule has 0 aliphatic heterocycles. The number of halogens is 2. The molecular weight excluding hydrogens is 328 g/mol. The molecule has 0 heterocycles. The van der Waals surface area contributed by atoms with E-state index in [2.05, 4.69) is 46.2 Å². The Balaban J connectivity index is 2.36. The van der Waals surface area contributed by atoms with E-state index in [4.69, 9.17) is 16.3 Å². The van der Waals surface area contributed by atoms with Gasteiger partial charge in [-0.1, -0.05) is 33.6 Å². The highest BCUT2D eigenvalue weighted by atomic mass is 79.9. The van der Waals surface area contributed by atoms with Crippen molar-refractivity contribution in [2.45, 2.75) is 13.0 Å². The van der Waals surface area contributed by atoms with Crippen LogP contribution in [0.5, 0.6) is 0 Å². The first-order chi connectivity index (χ1) is 9.04. The molecule has 0 fully saturated rings. The van der Waals surface area contributed by atoms with Crippen LogP contribution < -0.4 is 5.32 Å². The van der Waals surface area contributed by atoms with E-state index in [1.807, 2.05) is 12.1 Å². The predicted molar refractivity (Wildman–Crippen MR) is 84.9 cm³/mol. The minimum Gasteiger partial charge on any atom is -0.383 e. The van der Waals surface area contributed by atoms with Crippen molar-refractivity contribution < 1.29 is 4.74 Å². The Morgan fingerprint density at radius 3 is 2.79 bits per heavy atom. The second-order valence-corrected chi connectivity index (χ2v) is 5.96. The first kappa shape index (κ1) is 16.9. The summed E-state index contributed by atoms with van der Waals surface area (Å²) in [5, 5.41) is 4.28. The molecule has 1 atom stereocenters. The van der Waals surface area contributed by atoms with Gasteiger partial charge in [0.2, 0.25) is 0 Å². The second-order valence-electron chi connectivity index (χ2n) is 4.64. The normalized spacial score (nSPS) is 12.9. The van der Waals surface area contributed by atoms with E-state index in [1.165, 1.54) is 0 Å². The fourth-order valence-corrected chi connectivity index (χ4v) is 2.63. The van der Waals surface area contributed by atoms with Crippen LogP contribution in [0.25, 0.3) is 0 Å². The van der Waals surface area contributed by atoms with Gasteiger partial charge in [-0.3, -0.25) is 0 Å². The molecule has 0 bridgehead atoms. The topological polar surface area (TPSA) is 24.5 Å². The van der Waals surface area contributed by atoms with Gasteiger partial charge in [0, 0.05) is 42.3 Å². The molecule has 108 valence electrons. The summed E-state index contributed by atoms with van der Waals surface area (Å²) in [6.07, 6.45) is 0. The number of nitrogens with one attached hydrogen (secondary N) is 1. The maximum absolute atomic E-state index is 6.24. The van der Waals surface area contributed by atoms with Crippen molar-refractivity contribution in [2.24, 2.45) is 0 Å². The van der Waals surface area contributed by atoms with Gasteiger partial charge in [0.05, 0.1) is 6.61 Å². The highest BCUT2D eigenvalue weighted by molar-refractivity contribution is 9.10. The minimum atomic E-state index is 0.247. The summed E-state index contributed by atoms with van der Waals surface area (Å²) in [4.78, 5) is 2.24. The second kappa shape index (κ2) is 8.93. The molecule has 0 aliphatic carbocycles. The Kier molecular flexibility index (Phi) is 7.95. The van der Waals surface area contributed by atoms with Crippen LogP contribution in [0.15, 0.2) is 22.7 Å². The van der Waals surface area contributed by atoms with Gasteiger partial charge in [0.15, 0.2) is 0 Å². The SMILES string of the molecule is COCCN(C)CCNC(C)c1ccc(Br)cc1Cl. The van der Waals surface area contributed by atoms with Gasteiger partial charge in [0.25, 0.3) is 0 Å². The molecule has 3 nitrogen and oxygen atoms in total. The molecule has 0 saturated carbocycles. The Morgan fingerprint density at radius 2 is 2.16 bits per heavy atom. The zero-order valence-corrected chi connectivity index (χ0v) is 14.1. The number of nitrogens with zero attached hydrogens (tertiary/aromatic N) is 1. The number of methoxy groups -OCH3 is 1. The van der Waals surface area contributed by atoms with Gasteiger partial charge in [-0.25, -0.2) is 0 Å². The average molecular weight is 350 g/mol. The molecule has 1 aromatic carbocycles. The van der Waals surface area contributed by atoms with E-state index in [9.17, 15) is 0 Å². The Labute approximate surface area is 129 Å². The maximum Gasteiger partial charge on any atom is 0.0589 e. The quantitative estimate of drug-likeness (QED) is 0.779. The van der Waals surface area contributed by atoms with Crippen LogP contribution in [-0.4, -0.2) is 45.3 Å². The summed E-state index contributed by atoms with van der Waals surface area (Å²) in [5.74, 6) is 0. The molecule has 1 aromatic rings. The van der Waals surface area contributed by atoms with Crippen molar-refractivity contribution in [2.75, 3.05) is 40.4 Å². The van der Waals surface area contributed by atoms with Gasteiger partial charge in [-0.05, 0) is 31.7 Å². The molecule has 5 heteroatoms. The highest BCUT2D eigenvalue weighted by Gasteiger charge is 2.09. The fraction of sp³-hybridized carbons (Fsp3) is 0.571. The van der Waals surface area contributed by atoms with Gasteiger partial charge in [-0.2, -0.15) is 0 Å². The zero-order chi connectivity index (χ0) is 14.3. The van der Waals surface area contributed by atoms with Gasteiger partial charge in [-0.15, -0.1) is 0 Å². The molecule has 0 saturated heterocycles. The van der Waals surface area contributed by atoms with Crippen molar-refractivity contribution in [3.8, 4) is 0 Å². The molecular formula is C14H22BrClN2O. The molecule has 0 spiro atoms. The Hall–Kier alpha value is -0.130. The van der Waals surface area contributed by atoms with E-state index in [0.29, 0.717) is 0 Å². The molecule has 1 unspecified atom stereocenters. The van der Waals surface area contributed by atoms with Crippen molar-refractivity contribution in [1.29, 1.82) is 0 Å². The summed E-state index contributed by atoms with van der Waals surface area (Å²) >= 11 is 9.66. The largest absolute Gasteiger partial charge is 0.383 e. The van der Waals surface area contributed by atoms with Crippen LogP contribution in [-0.2, 0) is 4.74 Å². The molecule has 0 amide bonds. The van der Waals surface area contributed by atoms with Crippen LogP contribution >= 0.6 is 27.5 Å². The number of likely N-dealkylation sites (N-methyl/N-ethyl adjacent to an activating group) is 1. The van der Waals surface area contributed by atoms with E-state index in [0.717, 1.165) is 41.3 Å². The van der Waals surface area contributed by atoms with Crippen LogP contribution in [0.4, 0.5) is 0 Å². The third kappa shape index (κ3) is 6.23. The number of hydrogen-bond donors (Lipinski definition) is 1. The van der Waals surface area contributed by atoms with Crippen molar-refractivity contribution in [3.63, 3.8) is 0 Å². The predicted octanol–water partition coefficient (Wildman–Crippen LogP) is 3.33. The molecule has 0 aromatic heterocycles. The third-order valence-electron chi connectivity index (χ3n) is 3.05. The third-order valence-corrected chi connectivity index (χ3v) is 3.87. The first-order valence-corrected chi connectivity index (χ1v) is 7.57. The van der Waals surface area contributed by atoms with E-state index < -0.39 is 0 Å². The molecule has 0 aliphatic rings. The highest BCUT2D eigenvalue weighted by Crippen LogP contribution is 2.26. The molecule has 1 rings (SSSR count). The van der Waals surface area contributed by atoms with Gasteiger partial charge >= 0.3 is 0 Å². The lowest BCUT2D eigenvalue weighted by atomic mass is 10.1. The number of benzene rings is 1. The molecule has 19 heavy (non-hydrogen) atoms. The summed E-state index contributed by atoms with van der Waals surface area (Å²) < 4.78 is 6.06. The number of hydrogen-bond acceptors (Lipinski definition) is 3. The number of ether oxygens (including phenoxy) is 1. The van der Waals surface area contributed by atoms with Gasteiger partial charge in [0.1, 0.15) is 0 Å². The lowest BCUT2D eigenvalue weighted by molar-refractivity contribution is 0.161. The first-order valence-electron chi connectivity index (χ1n) is 6.40. The smallest absolute Gasteiger partial charge is 0.0589 e. The summed E-state index contributed by atoms with van der Waals surface area (Å²) in [7, 11) is 3.82. The van der Waals surface area contributed by atoms with Crippen LogP contribution in [0.1, 0.15) is 18.5 Å². The van der Waals surface area contributed by atoms with Crippen molar-refractivity contribution >= 4 is 27.5 Å². The maximum atomic E-state index is 6.24. The minimum absolute atomic E-state index is 0.247. The lowest BCUT2D eigenvalue weighted by Gasteiger charge is -2.20. The van der Waals surface area contributed by atoms with Gasteiger partial charge < -0.3 is 15.0 Å². The zero-order valence-electron chi connectivity index (χ0n) is 11.7. The average Bonchev–Trinajstić information content (AvgIpc) is 2.36. The Bertz CT molecular complexity index is 390. The fourth-order valence-electron chi connectivity index (χ4n) is 1.79. The van der Waals surface area contributed by atoms with Crippen LogP contribution in [0.3, 0.4) is 0 Å². The monoisotopic (exact) mass is 348 g/mol. The van der Waals surface area contributed by atoms with Crippen molar-refractivity contribution in [3.05, 3.63) is 33.3 Å². The van der Waals surface area contributed by atoms with E-state index in [-0.39, 0.29) is 6.04 Å². The Morgan fingerprint density at radius 1 is 1.42 bits per heavy atom. The van der Waals surface area contributed by atoms with E-state index in [1.54, 1.807) is 7.11 Å². The van der Waals surface area contributed by atoms with E-state index >= 15 is 0 Å².